The summed E-state index contributed by atoms with van der Waals surface area (Å²) in [7, 11) is 0. The van der Waals surface area contributed by atoms with Crippen LogP contribution in [0.15, 0.2) is 42.6 Å². The first-order valence-electron chi connectivity index (χ1n) is 6.55. The molecule has 0 spiro atoms. The number of ether oxygens (including phenoxy) is 1. The summed E-state index contributed by atoms with van der Waals surface area (Å²) in [5, 5.41) is 0.574. The van der Waals surface area contributed by atoms with Crippen LogP contribution in [-0.2, 0) is 9.53 Å². The van der Waals surface area contributed by atoms with Crippen molar-refractivity contribution in [3.63, 3.8) is 0 Å². The van der Waals surface area contributed by atoms with E-state index in [1.54, 1.807) is 19.2 Å². The van der Waals surface area contributed by atoms with E-state index < -0.39 is 6.10 Å². The fourth-order valence-corrected chi connectivity index (χ4v) is 2.16. The van der Waals surface area contributed by atoms with Crippen LogP contribution in [0.2, 0.25) is 10.2 Å². The molecule has 0 aliphatic heterocycles. The second kappa shape index (κ2) is 6.92. The fourth-order valence-electron chi connectivity index (χ4n) is 1.88. The Kier molecular flexibility index (Phi) is 5.21. The highest BCUT2D eigenvalue weighted by molar-refractivity contribution is 6.41. The van der Waals surface area contributed by atoms with Crippen molar-refractivity contribution in [2.45, 2.75) is 25.9 Å². The van der Waals surface area contributed by atoms with Crippen molar-refractivity contribution >= 4 is 29.2 Å². The molecular formula is C16H15Cl2NO2. The van der Waals surface area contributed by atoms with E-state index in [0.717, 1.165) is 5.56 Å². The van der Waals surface area contributed by atoms with Crippen molar-refractivity contribution in [2.75, 3.05) is 0 Å². The lowest BCUT2D eigenvalue weighted by atomic mass is 10.0. The number of halogens is 2. The van der Waals surface area contributed by atoms with Crippen LogP contribution in [0.5, 0.6) is 0 Å². The first-order chi connectivity index (χ1) is 9.99. The maximum atomic E-state index is 12.2. The standard InChI is InChI=1S/C16H15Cl2NO2/c1-10(12-6-4-3-5-7-12)16(20)21-11(2)13-8-14(17)15(18)19-9-13/h3-11H,1-2H3. The molecular weight excluding hydrogens is 309 g/mol. The summed E-state index contributed by atoms with van der Waals surface area (Å²) in [5.41, 5.74) is 1.62. The molecule has 110 valence electrons. The zero-order valence-electron chi connectivity index (χ0n) is 11.7. The lowest BCUT2D eigenvalue weighted by molar-refractivity contribution is -0.150. The van der Waals surface area contributed by atoms with E-state index in [-0.39, 0.29) is 17.0 Å². The van der Waals surface area contributed by atoms with Crippen LogP contribution in [0.4, 0.5) is 0 Å². The average Bonchev–Trinajstić information content (AvgIpc) is 2.50. The molecule has 1 aromatic heterocycles. The summed E-state index contributed by atoms with van der Waals surface area (Å²) in [6.45, 7) is 3.59. The number of carbonyl (C=O) groups is 1. The van der Waals surface area contributed by atoms with E-state index in [9.17, 15) is 4.79 Å². The van der Waals surface area contributed by atoms with Gasteiger partial charge >= 0.3 is 5.97 Å². The number of carbonyl (C=O) groups excluding carboxylic acids is 1. The number of nitrogens with zero attached hydrogens (tertiary/aromatic N) is 1. The molecule has 0 amide bonds. The Hall–Kier alpha value is -1.58. The molecule has 1 heterocycles. The minimum absolute atomic E-state index is 0.233. The van der Waals surface area contributed by atoms with Crippen molar-refractivity contribution in [3.8, 4) is 0 Å². The Morgan fingerprint density at radius 3 is 2.43 bits per heavy atom. The van der Waals surface area contributed by atoms with E-state index in [0.29, 0.717) is 10.6 Å². The minimum atomic E-state index is -0.439. The maximum absolute atomic E-state index is 12.2. The summed E-state index contributed by atoms with van der Waals surface area (Å²) in [5.74, 6) is -0.621. The van der Waals surface area contributed by atoms with Gasteiger partial charge in [0.2, 0.25) is 0 Å². The Balaban J connectivity index is 2.06. The van der Waals surface area contributed by atoms with Crippen molar-refractivity contribution < 1.29 is 9.53 Å². The summed E-state index contributed by atoms with van der Waals surface area (Å²) in [6, 6.07) is 11.2. The van der Waals surface area contributed by atoms with E-state index >= 15 is 0 Å². The van der Waals surface area contributed by atoms with Crippen LogP contribution in [-0.4, -0.2) is 11.0 Å². The smallest absolute Gasteiger partial charge is 0.313 e. The summed E-state index contributed by atoms with van der Waals surface area (Å²) in [6.07, 6.45) is 1.12. The number of benzene rings is 1. The number of hydrogen-bond donors (Lipinski definition) is 0. The average molecular weight is 324 g/mol. The highest BCUT2D eigenvalue weighted by Crippen LogP contribution is 2.26. The summed E-state index contributed by atoms with van der Waals surface area (Å²) < 4.78 is 5.47. The van der Waals surface area contributed by atoms with Crippen LogP contribution in [0.25, 0.3) is 0 Å². The lowest BCUT2D eigenvalue weighted by Crippen LogP contribution is -2.15. The molecule has 0 fully saturated rings. The SMILES string of the molecule is CC(OC(=O)C(C)c1ccccc1)c1cnc(Cl)c(Cl)c1. The number of hydrogen-bond acceptors (Lipinski definition) is 3. The van der Waals surface area contributed by atoms with Crippen LogP contribution in [0, 0.1) is 0 Å². The number of rotatable bonds is 4. The maximum Gasteiger partial charge on any atom is 0.313 e. The van der Waals surface area contributed by atoms with E-state index in [4.69, 9.17) is 27.9 Å². The largest absolute Gasteiger partial charge is 0.457 e. The van der Waals surface area contributed by atoms with E-state index in [2.05, 4.69) is 4.98 Å². The van der Waals surface area contributed by atoms with Gasteiger partial charge in [0.25, 0.3) is 0 Å². The molecule has 21 heavy (non-hydrogen) atoms. The second-order valence-electron chi connectivity index (χ2n) is 4.75. The van der Waals surface area contributed by atoms with Gasteiger partial charge in [-0.15, -0.1) is 0 Å². The molecule has 2 rings (SSSR count). The van der Waals surface area contributed by atoms with Crippen molar-refractivity contribution in [2.24, 2.45) is 0 Å². The molecule has 0 saturated carbocycles. The molecule has 0 saturated heterocycles. The Labute approximate surface area is 133 Å². The van der Waals surface area contributed by atoms with Crippen molar-refractivity contribution in [1.29, 1.82) is 0 Å². The van der Waals surface area contributed by atoms with Crippen LogP contribution in [0.1, 0.15) is 37.0 Å². The van der Waals surface area contributed by atoms with E-state index in [1.165, 1.54) is 0 Å². The molecule has 0 aliphatic carbocycles. The van der Waals surface area contributed by atoms with Crippen LogP contribution < -0.4 is 0 Å². The van der Waals surface area contributed by atoms with Crippen molar-refractivity contribution in [3.05, 3.63) is 63.9 Å². The Bertz CT molecular complexity index is 631. The van der Waals surface area contributed by atoms with Gasteiger partial charge in [-0.3, -0.25) is 4.79 Å². The Morgan fingerprint density at radius 1 is 1.14 bits per heavy atom. The second-order valence-corrected chi connectivity index (χ2v) is 5.52. The topological polar surface area (TPSA) is 39.2 Å². The summed E-state index contributed by atoms with van der Waals surface area (Å²) >= 11 is 11.7. The molecule has 0 radical (unpaired) electrons. The van der Waals surface area contributed by atoms with Gasteiger partial charge in [-0.25, -0.2) is 4.98 Å². The molecule has 1 aromatic carbocycles. The van der Waals surface area contributed by atoms with Gasteiger partial charge in [0.15, 0.2) is 0 Å². The first-order valence-corrected chi connectivity index (χ1v) is 7.31. The number of pyridine rings is 1. The molecule has 2 atom stereocenters. The number of aromatic nitrogens is 1. The van der Waals surface area contributed by atoms with Crippen LogP contribution >= 0.6 is 23.2 Å². The zero-order chi connectivity index (χ0) is 15.4. The Morgan fingerprint density at radius 2 is 1.81 bits per heavy atom. The van der Waals surface area contributed by atoms with Gasteiger partial charge < -0.3 is 4.74 Å². The highest BCUT2D eigenvalue weighted by Gasteiger charge is 2.20. The third-order valence-electron chi connectivity index (χ3n) is 3.23. The lowest BCUT2D eigenvalue weighted by Gasteiger charge is -2.17. The molecule has 2 unspecified atom stereocenters. The number of esters is 1. The van der Waals surface area contributed by atoms with Gasteiger partial charge in [-0.1, -0.05) is 53.5 Å². The molecule has 0 aliphatic rings. The molecule has 5 heteroatoms. The molecule has 0 bridgehead atoms. The summed E-state index contributed by atoms with van der Waals surface area (Å²) in [4.78, 5) is 16.1. The third-order valence-corrected chi connectivity index (χ3v) is 3.92. The molecule has 2 aromatic rings. The third kappa shape index (κ3) is 3.96. The normalized spacial score (nSPS) is 13.5. The van der Waals surface area contributed by atoms with Gasteiger partial charge in [0, 0.05) is 11.8 Å². The monoisotopic (exact) mass is 323 g/mol. The molecule has 3 nitrogen and oxygen atoms in total. The minimum Gasteiger partial charge on any atom is -0.457 e. The molecule has 0 N–H and O–H groups in total. The van der Waals surface area contributed by atoms with Gasteiger partial charge in [0.05, 0.1) is 10.9 Å². The zero-order valence-corrected chi connectivity index (χ0v) is 13.2. The van der Waals surface area contributed by atoms with Crippen molar-refractivity contribution in [1.82, 2.24) is 4.98 Å². The van der Waals surface area contributed by atoms with Gasteiger partial charge in [-0.2, -0.15) is 0 Å². The van der Waals surface area contributed by atoms with Gasteiger partial charge in [-0.05, 0) is 25.5 Å². The predicted octanol–water partition coefficient (Wildman–Crippen LogP) is 4.80. The highest BCUT2D eigenvalue weighted by atomic mass is 35.5. The predicted molar refractivity (Wildman–Crippen MR) is 83.6 cm³/mol. The quantitative estimate of drug-likeness (QED) is 0.599. The fraction of sp³-hybridized carbons (Fsp3) is 0.250. The van der Waals surface area contributed by atoms with Gasteiger partial charge in [0.1, 0.15) is 11.3 Å². The van der Waals surface area contributed by atoms with Crippen LogP contribution in [0.3, 0.4) is 0 Å². The van der Waals surface area contributed by atoms with E-state index in [1.807, 2.05) is 37.3 Å². The first kappa shape index (κ1) is 15.8.